The molecule has 2 fully saturated rings. The van der Waals surface area contributed by atoms with Crippen LogP contribution in [0.15, 0.2) is 97.5 Å². The van der Waals surface area contributed by atoms with E-state index in [1.807, 2.05) is 43.3 Å². The lowest BCUT2D eigenvalue weighted by molar-refractivity contribution is -0.305. The Balaban J connectivity index is 0.953. The van der Waals surface area contributed by atoms with E-state index in [4.69, 9.17) is 64.0 Å². The maximum atomic E-state index is 14.4. The number of likely N-dealkylation sites (N-methyl/N-ethyl adjacent to an activating group) is 1. The number of rotatable bonds is 15. The van der Waals surface area contributed by atoms with Gasteiger partial charge in [0.1, 0.15) is 90.3 Å². The fourth-order valence-corrected chi connectivity index (χ4v) is 11.4. The maximum Gasteiger partial charge on any atom is 0.345 e. The number of piperazine rings is 1. The highest BCUT2D eigenvalue weighted by Crippen LogP contribution is 2.50. The molecule has 0 spiro atoms. The van der Waals surface area contributed by atoms with Gasteiger partial charge in [-0.25, -0.2) is 29.1 Å². The van der Waals surface area contributed by atoms with Gasteiger partial charge in [0.25, 0.3) is 0 Å². The van der Waals surface area contributed by atoms with Crippen molar-refractivity contribution in [3.05, 3.63) is 125 Å². The van der Waals surface area contributed by atoms with E-state index >= 15 is 0 Å². The van der Waals surface area contributed by atoms with E-state index in [1.54, 1.807) is 71.0 Å². The Hall–Kier alpha value is -6.59. The highest BCUT2D eigenvalue weighted by molar-refractivity contribution is 7.22. The Kier molecular flexibility index (Phi) is 17.3. The van der Waals surface area contributed by atoms with E-state index in [0.717, 1.165) is 31.1 Å². The van der Waals surface area contributed by atoms with Gasteiger partial charge >= 0.3 is 5.97 Å². The monoisotopic (exact) mass is 1110 g/mol. The zero-order chi connectivity index (χ0) is 54.5. The summed E-state index contributed by atoms with van der Waals surface area (Å²) in [5.41, 5.74) is 4.49. The van der Waals surface area contributed by atoms with Crippen LogP contribution in [0, 0.1) is 12.7 Å². The molecule has 18 nitrogen and oxygen atoms in total. The summed E-state index contributed by atoms with van der Waals surface area (Å²) in [5.74, 6) is 0.677. The number of ether oxygens (including phenoxy) is 10. The summed E-state index contributed by atoms with van der Waals surface area (Å²) in [5, 5.41) is 11.8. The second-order valence-electron chi connectivity index (χ2n) is 19.2. The SMILES string of the molecule is CO[C@H]1O[C@H](COc2cccc(-c3nccc(COc4ccc5cc4C[C@@H](C(=O)O)Oc4ncnc6sc(-c7ccc(F)cc7)c(c46)-c4ccc(c(Cl)c4C)O[C@H](CN4CCN(C)CC4)CO5)n3)c2)[C@@H](OC)[C@H](OC)[C@@H]1OC. The number of halogens is 2. The van der Waals surface area contributed by atoms with E-state index < -0.39 is 54.7 Å². The quantitative estimate of drug-likeness (QED) is 0.103. The van der Waals surface area contributed by atoms with Gasteiger partial charge in [0.15, 0.2) is 12.1 Å². The summed E-state index contributed by atoms with van der Waals surface area (Å²) in [4.78, 5) is 37.9. The van der Waals surface area contributed by atoms with Crippen LogP contribution in [0.4, 0.5) is 4.39 Å². The zero-order valence-corrected chi connectivity index (χ0v) is 45.5. The summed E-state index contributed by atoms with van der Waals surface area (Å²) in [6.45, 7) is 6.22. The van der Waals surface area contributed by atoms with Crippen molar-refractivity contribution in [2.24, 2.45) is 0 Å². The van der Waals surface area contributed by atoms with E-state index in [-0.39, 0.29) is 32.1 Å². The molecular weight excluding hydrogens is 1050 g/mol. The molecule has 4 aliphatic rings. The van der Waals surface area contributed by atoms with E-state index in [9.17, 15) is 14.3 Å². The van der Waals surface area contributed by atoms with E-state index in [2.05, 4.69) is 31.8 Å². The highest BCUT2D eigenvalue weighted by atomic mass is 35.5. The molecule has 0 unspecified atom stereocenters. The number of thiophene rings is 1. The van der Waals surface area contributed by atoms with Crippen molar-refractivity contribution in [3.63, 3.8) is 0 Å². The first-order valence-electron chi connectivity index (χ1n) is 25.4. The Morgan fingerprint density at radius 2 is 1.65 bits per heavy atom. The Bertz CT molecular complexity index is 3220. The van der Waals surface area contributed by atoms with Crippen molar-refractivity contribution in [3.8, 4) is 61.8 Å². The lowest BCUT2D eigenvalue weighted by atomic mass is 9.96. The average Bonchev–Trinajstić information content (AvgIpc) is 4.09. The number of carboxylic acids is 1. The summed E-state index contributed by atoms with van der Waals surface area (Å²) in [6, 6.07) is 24.3. The van der Waals surface area contributed by atoms with Gasteiger partial charge in [0.2, 0.25) is 12.0 Å². The first kappa shape index (κ1) is 54.8. The molecular formula is C57H60ClFN6O12S. The smallest absolute Gasteiger partial charge is 0.345 e. The molecule has 21 heteroatoms. The van der Waals surface area contributed by atoms with E-state index in [1.165, 1.54) is 29.8 Å². The van der Waals surface area contributed by atoms with Crippen molar-refractivity contribution in [2.45, 2.75) is 62.9 Å². The number of methoxy groups -OCH3 is 4. The minimum absolute atomic E-state index is 0.00599. The van der Waals surface area contributed by atoms with Gasteiger partial charge in [0.05, 0.1) is 16.1 Å². The lowest BCUT2D eigenvalue weighted by Crippen LogP contribution is -2.61. The third-order valence-corrected chi connectivity index (χ3v) is 15.8. The minimum Gasteiger partial charge on any atom is -0.491 e. The number of carbonyl (C=O) groups is 1. The van der Waals surface area contributed by atoms with Gasteiger partial charge in [-0.3, -0.25) is 4.90 Å². The topological polar surface area (TPSA) is 188 Å². The standard InChI is InChI=1S/C57H60ClFN6O12S/c1-32-41-15-17-43(48(32)58)75-40(27-65-22-20-64(2)21-23-65)29-72-39-14-16-42(35(25-39)26-44(56(66)67)76-54-47-46(41)52(78-55(47)62-31-61-54)33-10-12-36(59)13-11-33)74-28-37-18-19-60-53(63-37)34-8-7-9-38(24-34)73-30-45-49(68-3)50(69-4)51(70-5)57(71-6)77-45/h7-19,24-25,31,40,44-45,49-51,57H,20-23,26-30H2,1-6H3,(H,66,67)/t40-,44+,45-,49-,50+,51+,57+/m1/s1. The van der Waals surface area contributed by atoms with Gasteiger partial charge < -0.3 is 57.4 Å². The largest absolute Gasteiger partial charge is 0.491 e. The molecule has 7 aromatic rings. The normalized spacial score (nSPS) is 22.0. The molecule has 7 atom stereocenters. The first-order chi connectivity index (χ1) is 37.9. The molecule has 0 saturated carbocycles. The predicted octanol–water partition coefficient (Wildman–Crippen LogP) is 8.42. The molecule has 2 saturated heterocycles. The number of aliphatic carboxylic acids is 1. The van der Waals surface area contributed by atoms with Crippen LogP contribution < -0.4 is 23.7 Å². The van der Waals surface area contributed by atoms with Gasteiger partial charge in [-0.15, -0.1) is 11.3 Å². The minimum atomic E-state index is -1.48. The van der Waals surface area contributed by atoms with Crippen LogP contribution in [0.5, 0.6) is 28.9 Å². The van der Waals surface area contributed by atoms with Crippen LogP contribution >= 0.6 is 22.9 Å². The van der Waals surface area contributed by atoms with Crippen molar-refractivity contribution < 1.29 is 61.7 Å². The number of carboxylic acid groups (broad SMARTS) is 1. The first-order valence-corrected chi connectivity index (χ1v) is 26.6. The second kappa shape index (κ2) is 24.6. The van der Waals surface area contributed by atoms with Crippen molar-refractivity contribution in [2.75, 3.05) is 81.4 Å². The number of fused-ring (bicyclic) bond motifs is 7. The molecule has 0 aliphatic carbocycles. The fraction of sp³-hybridized carbons (Fsp3) is 0.386. The molecule has 4 aliphatic heterocycles. The number of hydrogen-bond donors (Lipinski definition) is 1. The molecule has 4 bridgehead atoms. The highest BCUT2D eigenvalue weighted by Gasteiger charge is 2.47. The molecule has 1 N–H and O–H groups in total. The summed E-state index contributed by atoms with van der Waals surface area (Å²) in [7, 11) is 8.38. The van der Waals surface area contributed by atoms with Crippen LogP contribution in [0.2, 0.25) is 5.02 Å². The van der Waals surface area contributed by atoms with Gasteiger partial charge in [-0.1, -0.05) is 41.9 Å². The van der Waals surface area contributed by atoms with Crippen LogP contribution in [-0.4, -0.2) is 165 Å². The second-order valence-corrected chi connectivity index (χ2v) is 20.6. The summed E-state index contributed by atoms with van der Waals surface area (Å²) in [6.07, 6.45) is -1.87. The molecule has 11 rings (SSSR count). The Morgan fingerprint density at radius 1 is 0.859 bits per heavy atom. The maximum absolute atomic E-state index is 14.4. The number of hydrogen-bond acceptors (Lipinski definition) is 18. The molecule has 78 heavy (non-hydrogen) atoms. The van der Waals surface area contributed by atoms with Crippen molar-refractivity contribution in [1.82, 2.24) is 29.7 Å². The van der Waals surface area contributed by atoms with Gasteiger partial charge in [-0.2, -0.15) is 0 Å². The molecule has 3 aromatic heterocycles. The molecule has 0 amide bonds. The van der Waals surface area contributed by atoms with Crippen LogP contribution in [0.25, 0.3) is 43.2 Å². The van der Waals surface area contributed by atoms with Crippen molar-refractivity contribution in [1.29, 1.82) is 0 Å². The van der Waals surface area contributed by atoms with Gasteiger partial charge in [-0.05, 0) is 85.3 Å². The molecule has 410 valence electrons. The van der Waals surface area contributed by atoms with Crippen LogP contribution in [0.1, 0.15) is 16.8 Å². The number of nitrogens with zero attached hydrogens (tertiary/aromatic N) is 6. The Labute approximate surface area is 459 Å². The summed E-state index contributed by atoms with van der Waals surface area (Å²) >= 11 is 8.62. The van der Waals surface area contributed by atoms with Crippen molar-refractivity contribution >= 4 is 39.1 Å². The summed E-state index contributed by atoms with van der Waals surface area (Å²) < 4.78 is 75.9. The predicted molar refractivity (Wildman–Crippen MR) is 289 cm³/mol. The molecule has 7 heterocycles. The Morgan fingerprint density at radius 3 is 2.41 bits per heavy atom. The van der Waals surface area contributed by atoms with Crippen LogP contribution in [0.3, 0.4) is 0 Å². The zero-order valence-electron chi connectivity index (χ0n) is 43.9. The third kappa shape index (κ3) is 12.0. The lowest BCUT2D eigenvalue weighted by Gasteiger charge is -2.44. The number of aromatic nitrogens is 4. The average molecular weight is 1110 g/mol. The molecule has 4 aromatic carbocycles. The molecule has 0 radical (unpaired) electrons. The van der Waals surface area contributed by atoms with Gasteiger partial charge in [0, 0.05) is 95.3 Å². The van der Waals surface area contributed by atoms with E-state index in [0.29, 0.717) is 89.7 Å². The van der Waals surface area contributed by atoms with Crippen LogP contribution in [-0.2, 0) is 41.5 Å². The fourth-order valence-electron chi connectivity index (χ4n) is 10.0. The number of benzene rings is 4. The third-order valence-electron chi connectivity index (χ3n) is 14.2.